The summed E-state index contributed by atoms with van der Waals surface area (Å²) in [6, 6.07) is 18.7. The Kier molecular flexibility index (Phi) is 8.60. The summed E-state index contributed by atoms with van der Waals surface area (Å²) in [5.41, 5.74) is 4.00. The van der Waals surface area contributed by atoms with Crippen molar-refractivity contribution in [3.63, 3.8) is 0 Å². The first-order valence-corrected chi connectivity index (χ1v) is 11.0. The van der Waals surface area contributed by atoms with Gasteiger partial charge in [-0.25, -0.2) is 10.2 Å². The number of hydrazone groups is 1. The van der Waals surface area contributed by atoms with Crippen LogP contribution in [0.1, 0.15) is 39.6 Å². The molecule has 0 bridgehead atoms. The maximum Gasteiger partial charge on any atom is 0.343 e. The lowest BCUT2D eigenvalue weighted by Gasteiger charge is -2.10. The number of ether oxygens (including phenoxy) is 3. The number of hydrogen-bond acceptors (Lipinski definition) is 6. The van der Waals surface area contributed by atoms with E-state index in [1.807, 2.05) is 13.0 Å². The Bertz CT molecular complexity index is 1150. The van der Waals surface area contributed by atoms with Gasteiger partial charge >= 0.3 is 5.97 Å². The highest BCUT2D eigenvalue weighted by atomic mass is 79.9. The summed E-state index contributed by atoms with van der Waals surface area (Å²) in [5, 5.41) is 3.99. The number of methoxy groups -OCH3 is 1. The van der Waals surface area contributed by atoms with E-state index in [0.29, 0.717) is 34.8 Å². The van der Waals surface area contributed by atoms with E-state index < -0.39 is 5.97 Å². The van der Waals surface area contributed by atoms with E-state index in [9.17, 15) is 9.59 Å². The highest BCUT2D eigenvalue weighted by Gasteiger charge is 2.13. The van der Waals surface area contributed by atoms with Gasteiger partial charge in [-0.2, -0.15) is 5.10 Å². The second-order valence-electron chi connectivity index (χ2n) is 6.88. The molecule has 0 aliphatic carbocycles. The van der Waals surface area contributed by atoms with E-state index >= 15 is 0 Å². The molecule has 170 valence electrons. The first kappa shape index (κ1) is 24.0. The van der Waals surface area contributed by atoms with Gasteiger partial charge in [0.25, 0.3) is 5.91 Å². The molecule has 1 N–H and O–H groups in total. The number of amides is 1. The average molecular weight is 511 g/mol. The number of benzene rings is 3. The van der Waals surface area contributed by atoms with Crippen molar-refractivity contribution in [3.8, 4) is 17.2 Å². The van der Waals surface area contributed by atoms with Gasteiger partial charge in [0, 0.05) is 10.0 Å². The van der Waals surface area contributed by atoms with Crippen molar-refractivity contribution in [2.75, 3.05) is 13.7 Å². The molecule has 0 unspecified atom stereocenters. The van der Waals surface area contributed by atoms with E-state index in [2.05, 4.69) is 26.5 Å². The Hall–Kier alpha value is -3.65. The Morgan fingerprint density at radius 3 is 2.48 bits per heavy atom. The van der Waals surface area contributed by atoms with Gasteiger partial charge in [-0.05, 0) is 72.6 Å². The predicted octanol–water partition coefficient (Wildman–Crippen LogP) is 5.23. The van der Waals surface area contributed by atoms with E-state index in [1.165, 1.54) is 13.3 Å². The van der Waals surface area contributed by atoms with Crippen LogP contribution in [0.25, 0.3) is 0 Å². The second kappa shape index (κ2) is 11.8. The number of rotatable bonds is 9. The summed E-state index contributed by atoms with van der Waals surface area (Å²) in [5.74, 6) is 0.490. The first-order valence-electron chi connectivity index (χ1n) is 10.2. The molecule has 0 saturated carbocycles. The average Bonchev–Trinajstić information content (AvgIpc) is 2.83. The van der Waals surface area contributed by atoms with E-state index in [-0.39, 0.29) is 11.7 Å². The van der Waals surface area contributed by atoms with Crippen molar-refractivity contribution in [1.82, 2.24) is 5.43 Å². The molecular weight excluding hydrogens is 488 g/mol. The van der Waals surface area contributed by atoms with E-state index in [1.54, 1.807) is 60.7 Å². The highest BCUT2D eigenvalue weighted by Crippen LogP contribution is 2.28. The predicted molar refractivity (Wildman–Crippen MR) is 129 cm³/mol. The lowest BCUT2D eigenvalue weighted by atomic mass is 10.2. The van der Waals surface area contributed by atoms with Crippen LogP contribution in [0.3, 0.4) is 0 Å². The lowest BCUT2D eigenvalue weighted by molar-refractivity contribution is 0.0729. The van der Waals surface area contributed by atoms with Gasteiger partial charge in [-0.15, -0.1) is 0 Å². The fourth-order valence-electron chi connectivity index (χ4n) is 2.78. The van der Waals surface area contributed by atoms with Gasteiger partial charge in [0.1, 0.15) is 5.75 Å². The lowest BCUT2D eigenvalue weighted by Crippen LogP contribution is -2.17. The van der Waals surface area contributed by atoms with Gasteiger partial charge in [-0.1, -0.05) is 28.9 Å². The highest BCUT2D eigenvalue weighted by molar-refractivity contribution is 9.10. The summed E-state index contributed by atoms with van der Waals surface area (Å²) in [7, 11) is 1.47. The third-order valence-corrected chi connectivity index (χ3v) is 4.91. The summed E-state index contributed by atoms with van der Waals surface area (Å²) >= 11 is 3.33. The largest absolute Gasteiger partial charge is 0.494 e. The molecule has 8 heteroatoms. The smallest absolute Gasteiger partial charge is 0.343 e. The second-order valence-corrected chi connectivity index (χ2v) is 7.80. The summed E-state index contributed by atoms with van der Waals surface area (Å²) in [6.07, 6.45) is 2.38. The Morgan fingerprint density at radius 2 is 1.79 bits per heavy atom. The number of esters is 1. The molecule has 33 heavy (non-hydrogen) atoms. The Labute approximate surface area is 200 Å². The SMILES string of the molecule is CCCOc1ccc(C(=O)N/N=C\c2ccc(OC(=O)c3cccc(Br)c3)c(OC)c2)cc1. The minimum absolute atomic E-state index is 0.272. The number of carbonyl (C=O) groups excluding carboxylic acids is 2. The van der Waals surface area contributed by atoms with E-state index in [4.69, 9.17) is 14.2 Å². The molecule has 0 fully saturated rings. The van der Waals surface area contributed by atoms with Crippen molar-refractivity contribution < 1.29 is 23.8 Å². The van der Waals surface area contributed by atoms with Crippen molar-refractivity contribution in [2.24, 2.45) is 5.10 Å². The first-order chi connectivity index (χ1) is 16.0. The molecule has 0 heterocycles. The molecular formula is C25H23BrN2O5. The van der Waals surface area contributed by atoms with Crippen LogP contribution in [0.15, 0.2) is 76.3 Å². The molecule has 3 rings (SSSR count). The maximum atomic E-state index is 12.4. The van der Waals surface area contributed by atoms with Crippen molar-refractivity contribution in [1.29, 1.82) is 0 Å². The number of carbonyl (C=O) groups is 2. The molecule has 3 aromatic rings. The Morgan fingerprint density at radius 1 is 1.00 bits per heavy atom. The van der Waals surface area contributed by atoms with Gasteiger partial charge in [-0.3, -0.25) is 4.79 Å². The van der Waals surface area contributed by atoms with Crippen molar-refractivity contribution in [3.05, 3.63) is 87.9 Å². The maximum absolute atomic E-state index is 12.4. The van der Waals surface area contributed by atoms with Crippen LogP contribution < -0.4 is 19.6 Å². The molecule has 0 aliphatic heterocycles. The van der Waals surface area contributed by atoms with Crippen LogP contribution in [-0.2, 0) is 0 Å². The van der Waals surface area contributed by atoms with Gasteiger partial charge in [0.2, 0.25) is 0 Å². The molecule has 0 radical (unpaired) electrons. The topological polar surface area (TPSA) is 86.2 Å². The summed E-state index contributed by atoms with van der Waals surface area (Å²) in [4.78, 5) is 24.7. The van der Waals surface area contributed by atoms with Gasteiger partial charge in [0.15, 0.2) is 11.5 Å². The van der Waals surface area contributed by atoms with Crippen LogP contribution in [0.4, 0.5) is 0 Å². The van der Waals surface area contributed by atoms with Crippen LogP contribution in [0.5, 0.6) is 17.2 Å². The third kappa shape index (κ3) is 6.92. The van der Waals surface area contributed by atoms with Crippen LogP contribution in [0, 0.1) is 0 Å². The Balaban J connectivity index is 1.62. The summed E-state index contributed by atoms with van der Waals surface area (Å²) < 4.78 is 17.1. The minimum atomic E-state index is -0.505. The summed E-state index contributed by atoms with van der Waals surface area (Å²) in [6.45, 7) is 2.65. The molecule has 0 atom stereocenters. The molecule has 7 nitrogen and oxygen atoms in total. The zero-order valence-electron chi connectivity index (χ0n) is 18.2. The number of halogens is 1. The van der Waals surface area contributed by atoms with Crippen LogP contribution >= 0.6 is 15.9 Å². The zero-order chi connectivity index (χ0) is 23.6. The molecule has 3 aromatic carbocycles. The molecule has 0 aromatic heterocycles. The number of nitrogens with zero attached hydrogens (tertiary/aromatic N) is 1. The molecule has 1 amide bonds. The van der Waals surface area contributed by atoms with Crippen LogP contribution in [0.2, 0.25) is 0 Å². The van der Waals surface area contributed by atoms with Gasteiger partial charge < -0.3 is 14.2 Å². The minimum Gasteiger partial charge on any atom is -0.494 e. The fourth-order valence-corrected chi connectivity index (χ4v) is 3.17. The van der Waals surface area contributed by atoms with Crippen molar-refractivity contribution in [2.45, 2.75) is 13.3 Å². The van der Waals surface area contributed by atoms with Gasteiger partial charge in [0.05, 0.1) is 25.5 Å². The number of hydrogen-bond donors (Lipinski definition) is 1. The van der Waals surface area contributed by atoms with Crippen molar-refractivity contribution >= 4 is 34.0 Å². The quantitative estimate of drug-likeness (QED) is 0.184. The number of nitrogens with one attached hydrogen (secondary N) is 1. The molecule has 0 saturated heterocycles. The zero-order valence-corrected chi connectivity index (χ0v) is 19.8. The monoisotopic (exact) mass is 510 g/mol. The normalized spacial score (nSPS) is 10.6. The molecule has 0 aliphatic rings. The molecule has 0 spiro atoms. The fraction of sp³-hybridized carbons (Fsp3) is 0.160. The van der Waals surface area contributed by atoms with Crippen LogP contribution in [-0.4, -0.2) is 31.8 Å². The van der Waals surface area contributed by atoms with E-state index in [0.717, 1.165) is 10.9 Å². The standard InChI is InChI=1S/C25H23BrN2O5/c1-3-13-32-21-10-8-18(9-11-21)24(29)28-27-16-17-7-12-22(23(14-17)31-2)33-25(30)19-5-4-6-20(26)15-19/h4-12,14-16H,3,13H2,1-2H3,(H,28,29)/b27-16-. The third-order valence-electron chi connectivity index (χ3n) is 4.42.